The molecule has 134 valence electrons. The summed E-state index contributed by atoms with van der Waals surface area (Å²) in [6, 6.07) is 0.0395. The average molecular weight is 326 g/mol. The third-order valence-corrected chi connectivity index (χ3v) is 4.49. The van der Waals surface area contributed by atoms with Crippen LogP contribution in [0.5, 0.6) is 0 Å². The second-order valence-corrected chi connectivity index (χ2v) is 6.32. The maximum Gasteiger partial charge on any atom is 0.317 e. The number of hydrogen-bond acceptors (Lipinski definition) is 3. The summed E-state index contributed by atoms with van der Waals surface area (Å²) in [7, 11) is 0. The number of carbonyl (C=O) groups is 2. The Morgan fingerprint density at radius 2 is 1.74 bits per heavy atom. The summed E-state index contributed by atoms with van der Waals surface area (Å²) in [5, 5.41) is 5.89. The second kappa shape index (κ2) is 11.3. The number of nitrogens with one attached hydrogen (secondary N) is 2. The van der Waals surface area contributed by atoms with E-state index in [1.165, 1.54) is 19.3 Å². The van der Waals surface area contributed by atoms with Gasteiger partial charge in [-0.25, -0.2) is 4.79 Å². The van der Waals surface area contributed by atoms with Crippen LogP contribution in [0, 0.1) is 5.92 Å². The van der Waals surface area contributed by atoms with E-state index >= 15 is 0 Å². The second-order valence-electron chi connectivity index (χ2n) is 6.32. The molecular weight excluding hydrogens is 292 g/mol. The van der Waals surface area contributed by atoms with Crippen LogP contribution in [0.25, 0.3) is 0 Å². The number of piperazine rings is 1. The minimum absolute atomic E-state index is 0.0395. The number of hydrogen-bond donors (Lipinski definition) is 2. The van der Waals surface area contributed by atoms with Crippen molar-refractivity contribution in [1.82, 2.24) is 20.4 Å². The van der Waals surface area contributed by atoms with E-state index in [0.717, 1.165) is 26.1 Å². The zero-order valence-electron chi connectivity index (χ0n) is 15.1. The lowest BCUT2D eigenvalue weighted by molar-refractivity contribution is -0.122. The molecule has 1 saturated heterocycles. The molecular formula is C17H34N4O2. The van der Waals surface area contributed by atoms with E-state index in [1.54, 1.807) is 0 Å². The molecule has 0 saturated carbocycles. The third-order valence-electron chi connectivity index (χ3n) is 4.49. The maximum absolute atomic E-state index is 12.2. The number of amides is 3. The predicted molar refractivity (Wildman–Crippen MR) is 93.4 cm³/mol. The molecule has 3 amide bonds. The number of rotatable bonds is 9. The van der Waals surface area contributed by atoms with Crippen LogP contribution in [0.4, 0.5) is 4.79 Å². The molecule has 0 bridgehead atoms. The molecule has 0 aliphatic carbocycles. The summed E-state index contributed by atoms with van der Waals surface area (Å²) in [5.74, 6) is 0.644. The number of unbranched alkanes of at least 4 members (excludes halogenated alkanes) is 1. The zero-order valence-corrected chi connectivity index (χ0v) is 15.1. The number of urea groups is 1. The van der Waals surface area contributed by atoms with Crippen LogP contribution in [0.15, 0.2) is 0 Å². The van der Waals surface area contributed by atoms with Crippen molar-refractivity contribution in [3.05, 3.63) is 0 Å². The van der Waals surface area contributed by atoms with Crippen LogP contribution >= 0.6 is 0 Å². The third kappa shape index (κ3) is 7.68. The molecule has 1 aliphatic heterocycles. The Bertz CT molecular complexity index is 355. The van der Waals surface area contributed by atoms with Crippen LogP contribution in [0.3, 0.4) is 0 Å². The molecule has 0 aromatic rings. The van der Waals surface area contributed by atoms with Crippen molar-refractivity contribution in [2.24, 2.45) is 5.92 Å². The van der Waals surface area contributed by atoms with Gasteiger partial charge >= 0.3 is 6.03 Å². The fraction of sp³-hybridized carbons (Fsp3) is 0.882. The Morgan fingerprint density at radius 1 is 1.04 bits per heavy atom. The lowest BCUT2D eigenvalue weighted by Gasteiger charge is -2.34. The van der Waals surface area contributed by atoms with E-state index in [1.807, 2.05) is 11.8 Å². The van der Waals surface area contributed by atoms with E-state index in [0.29, 0.717) is 32.1 Å². The first kappa shape index (κ1) is 19.7. The number of likely N-dealkylation sites (N-methyl/N-ethyl adjacent to an activating group) is 1. The molecule has 1 fully saturated rings. The fourth-order valence-electron chi connectivity index (χ4n) is 2.85. The standard InChI is InChI=1S/C17H34N4O2/c1-4-7-8-15(5-2)13-19-17(23)21-11-9-20(10-12-21)14-16(22)18-6-3/h15H,4-14H2,1-3H3,(H,18,22)(H,19,23). The molecule has 2 N–H and O–H groups in total. The molecule has 1 atom stereocenters. The Labute approximate surface area is 141 Å². The quantitative estimate of drug-likeness (QED) is 0.677. The van der Waals surface area contributed by atoms with Gasteiger partial charge in [-0.3, -0.25) is 9.69 Å². The zero-order chi connectivity index (χ0) is 17.1. The molecule has 1 aliphatic rings. The minimum atomic E-state index is 0.0395. The van der Waals surface area contributed by atoms with Gasteiger partial charge in [0, 0.05) is 39.3 Å². The number of nitrogens with zero attached hydrogens (tertiary/aromatic N) is 2. The summed E-state index contributed by atoms with van der Waals surface area (Å²) >= 11 is 0. The van der Waals surface area contributed by atoms with Gasteiger partial charge in [0.1, 0.15) is 0 Å². The Hall–Kier alpha value is -1.30. The van der Waals surface area contributed by atoms with Crippen LogP contribution in [0.2, 0.25) is 0 Å². The molecule has 1 unspecified atom stereocenters. The van der Waals surface area contributed by atoms with Crippen molar-refractivity contribution in [2.45, 2.75) is 46.5 Å². The molecule has 0 radical (unpaired) electrons. The monoisotopic (exact) mass is 326 g/mol. The highest BCUT2D eigenvalue weighted by atomic mass is 16.2. The van der Waals surface area contributed by atoms with Gasteiger partial charge in [0.15, 0.2) is 0 Å². The predicted octanol–water partition coefficient (Wildman–Crippen LogP) is 1.67. The fourth-order valence-corrected chi connectivity index (χ4v) is 2.85. The van der Waals surface area contributed by atoms with E-state index in [2.05, 4.69) is 29.4 Å². The van der Waals surface area contributed by atoms with Gasteiger partial charge < -0.3 is 15.5 Å². The molecule has 6 heteroatoms. The highest BCUT2D eigenvalue weighted by molar-refractivity contribution is 5.78. The average Bonchev–Trinajstić information content (AvgIpc) is 2.55. The van der Waals surface area contributed by atoms with Crippen LogP contribution in [0.1, 0.15) is 46.5 Å². The van der Waals surface area contributed by atoms with Gasteiger partial charge in [-0.1, -0.05) is 33.1 Å². The van der Waals surface area contributed by atoms with Crippen LogP contribution in [-0.4, -0.2) is 67.6 Å². The van der Waals surface area contributed by atoms with E-state index < -0.39 is 0 Å². The lowest BCUT2D eigenvalue weighted by Crippen LogP contribution is -2.53. The topological polar surface area (TPSA) is 64.7 Å². The molecule has 23 heavy (non-hydrogen) atoms. The first-order valence-electron chi connectivity index (χ1n) is 9.12. The van der Waals surface area contributed by atoms with E-state index in [9.17, 15) is 9.59 Å². The molecule has 0 spiro atoms. The minimum Gasteiger partial charge on any atom is -0.355 e. The van der Waals surface area contributed by atoms with Crippen molar-refractivity contribution < 1.29 is 9.59 Å². The summed E-state index contributed by atoms with van der Waals surface area (Å²) < 4.78 is 0. The summed E-state index contributed by atoms with van der Waals surface area (Å²) in [6.07, 6.45) is 4.74. The van der Waals surface area contributed by atoms with Gasteiger partial charge in [0.2, 0.25) is 5.91 Å². The molecule has 0 aromatic carbocycles. The normalized spacial score (nSPS) is 16.9. The van der Waals surface area contributed by atoms with Crippen molar-refractivity contribution in [1.29, 1.82) is 0 Å². The molecule has 1 rings (SSSR count). The molecule has 6 nitrogen and oxygen atoms in total. The summed E-state index contributed by atoms with van der Waals surface area (Å²) in [6.45, 7) is 11.1. The van der Waals surface area contributed by atoms with Gasteiger partial charge in [0.05, 0.1) is 6.54 Å². The van der Waals surface area contributed by atoms with Gasteiger partial charge in [-0.05, 0) is 19.3 Å². The van der Waals surface area contributed by atoms with E-state index in [-0.39, 0.29) is 11.9 Å². The Balaban J connectivity index is 2.25. The highest BCUT2D eigenvalue weighted by Crippen LogP contribution is 2.11. The number of carbonyl (C=O) groups excluding carboxylic acids is 2. The Kier molecular flexibility index (Phi) is 9.67. The van der Waals surface area contributed by atoms with Gasteiger partial charge in [0.25, 0.3) is 0 Å². The first-order chi connectivity index (χ1) is 11.1. The van der Waals surface area contributed by atoms with Crippen molar-refractivity contribution >= 4 is 11.9 Å². The summed E-state index contributed by atoms with van der Waals surface area (Å²) in [4.78, 5) is 27.8. The van der Waals surface area contributed by atoms with E-state index in [4.69, 9.17) is 0 Å². The van der Waals surface area contributed by atoms with Crippen molar-refractivity contribution in [3.8, 4) is 0 Å². The van der Waals surface area contributed by atoms with Crippen LogP contribution in [-0.2, 0) is 4.79 Å². The summed E-state index contributed by atoms with van der Waals surface area (Å²) in [5.41, 5.74) is 0. The Morgan fingerprint density at radius 3 is 2.30 bits per heavy atom. The highest BCUT2D eigenvalue weighted by Gasteiger charge is 2.22. The van der Waals surface area contributed by atoms with Crippen molar-refractivity contribution in [3.63, 3.8) is 0 Å². The molecule has 0 aromatic heterocycles. The SMILES string of the molecule is CCCCC(CC)CNC(=O)N1CCN(CC(=O)NCC)CC1. The van der Waals surface area contributed by atoms with Crippen molar-refractivity contribution in [2.75, 3.05) is 45.8 Å². The molecule has 1 heterocycles. The first-order valence-corrected chi connectivity index (χ1v) is 9.12. The van der Waals surface area contributed by atoms with Gasteiger partial charge in [-0.15, -0.1) is 0 Å². The largest absolute Gasteiger partial charge is 0.355 e. The van der Waals surface area contributed by atoms with Crippen LogP contribution < -0.4 is 10.6 Å². The maximum atomic E-state index is 12.2. The lowest BCUT2D eigenvalue weighted by atomic mass is 9.99. The van der Waals surface area contributed by atoms with Gasteiger partial charge in [-0.2, -0.15) is 0 Å². The smallest absolute Gasteiger partial charge is 0.317 e.